The predicted octanol–water partition coefficient (Wildman–Crippen LogP) is 3.07. The van der Waals surface area contributed by atoms with Crippen LogP contribution in [0, 0.1) is 11.8 Å². The molecule has 0 radical (unpaired) electrons. The third-order valence-electron chi connectivity index (χ3n) is 4.75. The van der Waals surface area contributed by atoms with Gasteiger partial charge in [0.2, 0.25) is 0 Å². The Kier molecular flexibility index (Phi) is 10.3. The van der Waals surface area contributed by atoms with Crippen molar-refractivity contribution in [2.45, 2.75) is 65.3 Å². The van der Waals surface area contributed by atoms with Crippen molar-refractivity contribution >= 4 is 5.97 Å². The summed E-state index contributed by atoms with van der Waals surface area (Å²) in [6.45, 7) is 7.45. The molecule has 3 N–H and O–H groups in total. The molecule has 0 aromatic heterocycles. The van der Waals surface area contributed by atoms with Crippen molar-refractivity contribution in [2.24, 2.45) is 11.8 Å². The number of hydrogen-bond donors (Lipinski definition) is 3. The Morgan fingerprint density at radius 3 is 2.52 bits per heavy atom. The number of cyclic esters (lactones) is 1. The van der Waals surface area contributed by atoms with E-state index in [1.165, 1.54) is 0 Å². The molecule has 0 saturated heterocycles. The number of aliphatic hydroxyl groups is 3. The summed E-state index contributed by atoms with van der Waals surface area (Å²) in [5, 5.41) is 29.4. The summed E-state index contributed by atoms with van der Waals surface area (Å²) in [4.78, 5) is 12.5. The molecule has 27 heavy (non-hydrogen) atoms. The van der Waals surface area contributed by atoms with Gasteiger partial charge in [-0.25, -0.2) is 4.79 Å². The zero-order chi connectivity index (χ0) is 20.4. The predicted molar refractivity (Wildman–Crippen MR) is 107 cm³/mol. The van der Waals surface area contributed by atoms with Gasteiger partial charge in [-0.05, 0) is 38.7 Å². The molecule has 1 aliphatic heterocycles. The monoisotopic (exact) mass is 378 g/mol. The van der Waals surface area contributed by atoms with Crippen molar-refractivity contribution in [1.29, 1.82) is 0 Å². The zero-order valence-electron chi connectivity index (χ0n) is 16.8. The van der Waals surface area contributed by atoms with Crippen LogP contribution in [0.5, 0.6) is 0 Å². The summed E-state index contributed by atoms with van der Waals surface area (Å²) in [6.07, 6.45) is 10.3. The van der Waals surface area contributed by atoms with E-state index < -0.39 is 12.2 Å². The molecule has 1 aliphatic rings. The van der Waals surface area contributed by atoms with Crippen molar-refractivity contribution in [1.82, 2.24) is 0 Å². The van der Waals surface area contributed by atoms with E-state index in [1.54, 1.807) is 25.2 Å². The second-order valence-corrected chi connectivity index (χ2v) is 7.42. The molecule has 0 aromatic rings. The van der Waals surface area contributed by atoms with Crippen LogP contribution in [0.3, 0.4) is 0 Å². The molecule has 0 unspecified atom stereocenters. The van der Waals surface area contributed by atoms with E-state index in [-0.39, 0.29) is 30.5 Å². The Morgan fingerprint density at radius 1 is 1.19 bits per heavy atom. The van der Waals surface area contributed by atoms with Crippen LogP contribution in [-0.4, -0.2) is 46.2 Å². The fourth-order valence-corrected chi connectivity index (χ4v) is 2.94. The maximum Gasteiger partial charge on any atom is 0.334 e. The number of hydrogen-bond acceptors (Lipinski definition) is 5. The summed E-state index contributed by atoms with van der Waals surface area (Å²) >= 11 is 0. The minimum atomic E-state index is -0.712. The minimum Gasteiger partial charge on any atom is -0.458 e. The summed E-state index contributed by atoms with van der Waals surface area (Å²) in [5.74, 6) is -0.521. The normalized spacial score (nSPS) is 35.9. The number of ether oxygens (including phenoxy) is 1. The first-order chi connectivity index (χ1) is 12.7. The molecular formula is C22H34O5. The molecule has 0 aliphatic carbocycles. The molecule has 0 amide bonds. The summed E-state index contributed by atoms with van der Waals surface area (Å²) in [5.41, 5.74) is 1.35. The van der Waals surface area contributed by atoms with Crippen LogP contribution in [-0.2, 0) is 9.53 Å². The second-order valence-electron chi connectivity index (χ2n) is 7.42. The van der Waals surface area contributed by atoms with Crippen LogP contribution in [0.25, 0.3) is 0 Å². The van der Waals surface area contributed by atoms with Crippen LogP contribution in [0.4, 0.5) is 0 Å². The molecule has 0 aromatic carbocycles. The Labute approximate surface area is 162 Å². The Hall–Kier alpha value is -1.69. The molecule has 5 heteroatoms. The van der Waals surface area contributed by atoms with Gasteiger partial charge in [0.15, 0.2) is 0 Å². The first kappa shape index (κ1) is 23.3. The van der Waals surface area contributed by atoms with Gasteiger partial charge in [-0.15, -0.1) is 0 Å². The maximum absolute atomic E-state index is 12.5. The highest BCUT2D eigenvalue weighted by Gasteiger charge is 2.21. The first-order valence-corrected chi connectivity index (χ1v) is 9.62. The molecule has 5 atom stereocenters. The smallest absolute Gasteiger partial charge is 0.334 e. The SMILES string of the molecule is CC1=C\[C@@H](C)[C@H](O)/C=C/[C@H](O)C/C=C/C[C@@H]([C@@H](C)CCO)OC(=O)\C(C)=C\1. The van der Waals surface area contributed by atoms with E-state index >= 15 is 0 Å². The fourth-order valence-electron chi connectivity index (χ4n) is 2.94. The quantitative estimate of drug-likeness (QED) is 0.519. The average molecular weight is 379 g/mol. The lowest BCUT2D eigenvalue weighted by atomic mass is 9.97. The molecule has 0 saturated carbocycles. The van der Waals surface area contributed by atoms with Gasteiger partial charge in [-0.1, -0.05) is 49.8 Å². The van der Waals surface area contributed by atoms with Crippen LogP contribution in [0.15, 0.2) is 47.6 Å². The number of rotatable bonds is 3. The number of carbonyl (C=O) groups is 1. The molecule has 0 fully saturated rings. The van der Waals surface area contributed by atoms with Crippen LogP contribution >= 0.6 is 0 Å². The summed E-state index contributed by atoms with van der Waals surface area (Å²) in [6, 6.07) is 0. The van der Waals surface area contributed by atoms with Gasteiger partial charge in [-0.3, -0.25) is 0 Å². The van der Waals surface area contributed by atoms with Crippen molar-refractivity contribution in [3.8, 4) is 0 Å². The highest BCUT2D eigenvalue weighted by Crippen LogP contribution is 2.19. The Bertz CT molecular complexity index is 588. The van der Waals surface area contributed by atoms with E-state index in [2.05, 4.69) is 0 Å². The van der Waals surface area contributed by atoms with Crippen molar-refractivity contribution in [3.05, 3.63) is 47.6 Å². The van der Waals surface area contributed by atoms with Gasteiger partial charge < -0.3 is 20.1 Å². The van der Waals surface area contributed by atoms with E-state index in [1.807, 2.05) is 39.0 Å². The van der Waals surface area contributed by atoms with Gasteiger partial charge in [0.05, 0.1) is 12.2 Å². The average Bonchev–Trinajstić information content (AvgIpc) is 2.60. The highest BCUT2D eigenvalue weighted by molar-refractivity contribution is 5.88. The van der Waals surface area contributed by atoms with E-state index in [4.69, 9.17) is 4.74 Å². The molecular weight excluding hydrogens is 344 g/mol. The van der Waals surface area contributed by atoms with Gasteiger partial charge in [0, 0.05) is 24.5 Å². The zero-order valence-corrected chi connectivity index (χ0v) is 16.8. The molecule has 1 rings (SSSR count). The first-order valence-electron chi connectivity index (χ1n) is 9.62. The van der Waals surface area contributed by atoms with Crippen molar-refractivity contribution in [2.75, 3.05) is 6.61 Å². The fraction of sp³-hybridized carbons (Fsp3) is 0.591. The van der Waals surface area contributed by atoms with E-state index in [0.29, 0.717) is 24.8 Å². The standard InChI is InChI=1S/C22H34O5/c1-15-13-17(3)20(25)10-9-19(24)7-5-6-8-21(16(2)11-12-23)27-22(26)18(4)14-15/h5-6,9-10,13-14,16-17,19-21,23-25H,7-8,11-12H2,1-4H3/b6-5+,10-9+,15-13+,18-14+/t16-,17+,19+,20+,21-/m0/s1. The summed E-state index contributed by atoms with van der Waals surface area (Å²) in [7, 11) is 0. The Morgan fingerprint density at radius 2 is 1.85 bits per heavy atom. The second kappa shape index (κ2) is 11.9. The summed E-state index contributed by atoms with van der Waals surface area (Å²) < 4.78 is 5.68. The molecule has 1 heterocycles. The number of aliphatic hydroxyl groups excluding tert-OH is 3. The third-order valence-corrected chi connectivity index (χ3v) is 4.75. The van der Waals surface area contributed by atoms with Crippen LogP contribution in [0.2, 0.25) is 0 Å². The lowest BCUT2D eigenvalue weighted by molar-refractivity contribution is -0.146. The molecule has 5 nitrogen and oxygen atoms in total. The third kappa shape index (κ3) is 8.69. The van der Waals surface area contributed by atoms with Gasteiger partial charge >= 0.3 is 5.97 Å². The van der Waals surface area contributed by atoms with E-state index in [0.717, 1.165) is 5.57 Å². The molecule has 152 valence electrons. The minimum absolute atomic E-state index is 0.0203. The van der Waals surface area contributed by atoms with Crippen molar-refractivity contribution < 1.29 is 24.9 Å². The molecule has 0 spiro atoms. The van der Waals surface area contributed by atoms with Gasteiger partial charge in [-0.2, -0.15) is 0 Å². The topological polar surface area (TPSA) is 87.0 Å². The maximum atomic E-state index is 12.5. The van der Waals surface area contributed by atoms with Crippen molar-refractivity contribution in [3.63, 3.8) is 0 Å². The number of carbonyl (C=O) groups excluding carboxylic acids is 1. The lowest BCUT2D eigenvalue weighted by Gasteiger charge is -2.23. The Balaban J connectivity index is 3.10. The highest BCUT2D eigenvalue weighted by atomic mass is 16.5. The van der Waals surface area contributed by atoms with Crippen LogP contribution in [0.1, 0.15) is 47.0 Å². The lowest BCUT2D eigenvalue weighted by Crippen LogP contribution is -2.26. The van der Waals surface area contributed by atoms with Crippen LogP contribution < -0.4 is 0 Å². The number of esters is 1. The van der Waals surface area contributed by atoms with Gasteiger partial charge in [0.25, 0.3) is 0 Å². The molecule has 0 bridgehead atoms. The van der Waals surface area contributed by atoms with Gasteiger partial charge in [0.1, 0.15) is 6.10 Å². The number of allylic oxidation sites excluding steroid dienone is 2. The largest absolute Gasteiger partial charge is 0.458 e. The van der Waals surface area contributed by atoms with E-state index in [9.17, 15) is 20.1 Å².